The molecule has 0 unspecified atom stereocenters. The van der Waals surface area contributed by atoms with Crippen LogP contribution in [-0.4, -0.2) is 9.97 Å². The molecule has 2 aromatic heterocycles. The lowest BCUT2D eigenvalue weighted by atomic mass is 9.89. The van der Waals surface area contributed by atoms with E-state index >= 15 is 0 Å². The van der Waals surface area contributed by atoms with Crippen molar-refractivity contribution in [2.45, 2.75) is 0 Å². The van der Waals surface area contributed by atoms with E-state index in [4.69, 9.17) is 0 Å². The van der Waals surface area contributed by atoms with Gasteiger partial charge in [-0.3, -0.25) is 9.97 Å². The van der Waals surface area contributed by atoms with Crippen molar-refractivity contribution in [2.75, 3.05) is 0 Å². The fraction of sp³-hybridized carbons (Fsp3) is 0. The third-order valence-electron chi connectivity index (χ3n) is 5.38. The molecule has 2 aliphatic carbocycles. The molecule has 0 aliphatic heterocycles. The first-order valence-electron chi connectivity index (χ1n) is 9.31. The molecular weight excluding hydrogens is 389 g/mol. The molecule has 2 heterocycles. The van der Waals surface area contributed by atoms with Crippen molar-refractivity contribution >= 4 is 16.7 Å². The summed E-state index contributed by atoms with van der Waals surface area (Å²) in [5, 5.41) is 28.9. The molecule has 31 heavy (non-hydrogen) atoms. The molecule has 0 fully saturated rings. The first-order chi connectivity index (χ1) is 15.2. The molecule has 1 aromatic carbocycles. The SMILES string of the molecule is N#C/C=C1/C(=C2c3cccnc3-c3ncccc32)C(=C(C#N)C#N)c2cccc(F)c21. The maximum absolute atomic E-state index is 15.0. The molecule has 3 aromatic rings. The highest BCUT2D eigenvalue weighted by Gasteiger charge is 2.38. The van der Waals surface area contributed by atoms with Gasteiger partial charge in [0.05, 0.1) is 17.5 Å². The molecule has 5 nitrogen and oxygen atoms in total. The lowest BCUT2D eigenvalue weighted by molar-refractivity contribution is 0.624. The Kier molecular flexibility index (Phi) is 4.04. The van der Waals surface area contributed by atoms with E-state index in [1.165, 1.54) is 18.2 Å². The van der Waals surface area contributed by atoms with Gasteiger partial charge in [0.2, 0.25) is 0 Å². The van der Waals surface area contributed by atoms with Crippen LogP contribution in [0.4, 0.5) is 4.39 Å². The monoisotopic (exact) mass is 399 g/mol. The molecule has 6 heteroatoms. The van der Waals surface area contributed by atoms with E-state index < -0.39 is 5.82 Å². The number of rotatable bonds is 0. The van der Waals surface area contributed by atoms with Gasteiger partial charge in [-0.2, -0.15) is 15.8 Å². The molecule has 0 saturated carbocycles. The second kappa shape index (κ2) is 6.88. The summed E-state index contributed by atoms with van der Waals surface area (Å²) in [4.78, 5) is 8.94. The van der Waals surface area contributed by atoms with Gasteiger partial charge >= 0.3 is 0 Å². The second-order valence-corrected chi connectivity index (χ2v) is 6.87. The van der Waals surface area contributed by atoms with Crippen LogP contribution in [0, 0.1) is 39.8 Å². The van der Waals surface area contributed by atoms with Crippen molar-refractivity contribution in [2.24, 2.45) is 0 Å². The van der Waals surface area contributed by atoms with Crippen molar-refractivity contribution < 1.29 is 4.39 Å². The van der Waals surface area contributed by atoms with Crippen LogP contribution in [0.5, 0.6) is 0 Å². The van der Waals surface area contributed by atoms with Gasteiger partial charge in [-0.15, -0.1) is 0 Å². The molecule has 0 radical (unpaired) electrons. The van der Waals surface area contributed by atoms with E-state index in [0.29, 0.717) is 39.2 Å². The number of halogens is 1. The van der Waals surface area contributed by atoms with E-state index in [1.54, 1.807) is 30.6 Å². The van der Waals surface area contributed by atoms with Gasteiger partial charge in [0.1, 0.15) is 23.5 Å². The van der Waals surface area contributed by atoms with Crippen LogP contribution in [0.3, 0.4) is 0 Å². The number of fused-ring (bicyclic) bond motifs is 4. The molecule has 0 amide bonds. The molecule has 0 spiro atoms. The molecule has 0 N–H and O–H groups in total. The number of hydrogen-bond donors (Lipinski definition) is 0. The molecule has 0 atom stereocenters. The molecule has 0 saturated heterocycles. The topological polar surface area (TPSA) is 97.2 Å². The Morgan fingerprint density at radius 1 is 0.806 bits per heavy atom. The minimum absolute atomic E-state index is 0.154. The van der Waals surface area contributed by atoms with Gasteiger partial charge in [-0.1, -0.05) is 24.3 Å². The Labute approximate surface area is 177 Å². The largest absolute Gasteiger partial charge is 0.254 e. The van der Waals surface area contributed by atoms with Crippen LogP contribution < -0.4 is 0 Å². The predicted molar refractivity (Wildman–Crippen MR) is 112 cm³/mol. The fourth-order valence-electron chi connectivity index (χ4n) is 4.27. The highest BCUT2D eigenvalue weighted by molar-refractivity contribution is 6.19. The summed E-state index contributed by atoms with van der Waals surface area (Å²) in [6.45, 7) is 0. The standard InChI is InChI=1S/C25H10FN5/c26-19-7-1-4-15-20(14(12-28)13-29)23(16(8-9-27)21(15)19)22-17-5-2-10-30-24(17)25-18(22)6-3-11-31-25/h1-8,10-11H/b16-8+. The third-order valence-corrected chi connectivity index (χ3v) is 5.38. The van der Waals surface area contributed by atoms with Crippen molar-refractivity contribution in [3.8, 4) is 29.6 Å². The molecule has 142 valence electrons. The van der Waals surface area contributed by atoms with Crippen molar-refractivity contribution in [3.05, 3.63) is 100 Å². The van der Waals surface area contributed by atoms with Crippen LogP contribution in [-0.2, 0) is 0 Å². The number of benzene rings is 1. The van der Waals surface area contributed by atoms with E-state index in [-0.39, 0.29) is 11.1 Å². The average molecular weight is 399 g/mol. The van der Waals surface area contributed by atoms with Gasteiger partial charge in [0.25, 0.3) is 0 Å². The zero-order valence-electron chi connectivity index (χ0n) is 15.9. The Morgan fingerprint density at radius 3 is 2.00 bits per heavy atom. The highest BCUT2D eigenvalue weighted by atomic mass is 19.1. The first-order valence-corrected chi connectivity index (χ1v) is 9.31. The summed E-state index contributed by atoms with van der Waals surface area (Å²) < 4.78 is 15.0. The van der Waals surface area contributed by atoms with Gasteiger partial charge < -0.3 is 0 Å². The van der Waals surface area contributed by atoms with E-state index in [1.807, 2.05) is 30.3 Å². The third kappa shape index (κ3) is 2.45. The number of allylic oxidation sites excluding steroid dienone is 5. The van der Waals surface area contributed by atoms with Gasteiger partial charge in [0.15, 0.2) is 0 Å². The smallest absolute Gasteiger partial charge is 0.138 e. The van der Waals surface area contributed by atoms with Crippen LogP contribution in [0.2, 0.25) is 0 Å². The summed E-state index contributed by atoms with van der Waals surface area (Å²) in [5.74, 6) is -0.529. The Balaban J connectivity index is 2.04. The van der Waals surface area contributed by atoms with Crippen LogP contribution in [0.15, 0.2) is 72.1 Å². The Morgan fingerprint density at radius 2 is 1.42 bits per heavy atom. The summed E-state index contributed by atoms with van der Waals surface area (Å²) >= 11 is 0. The lowest BCUT2D eigenvalue weighted by Gasteiger charge is -2.11. The quantitative estimate of drug-likeness (QED) is 0.395. The van der Waals surface area contributed by atoms with E-state index in [9.17, 15) is 20.2 Å². The minimum atomic E-state index is -0.529. The minimum Gasteiger partial charge on any atom is -0.254 e. The van der Waals surface area contributed by atoms with E-state index in [0.717, 1.165) is 11.1 Å². The van der Waals surface area contributed by atoms with E-state index in [2.05, 4.69) is 9.97 Å². The molecule has 5 rings (SSSR count). The maximum Gasteiger partial charge on any atom is 0.138 e. The molecular formula is C25H10FN5. The van der Waals surface area contributed by atoms with Crippen LogP contribution in [0.1, 0.15) is 22.3 Å². The van der Waals surface area contributed by atoms with Gasteiger partial charge in [0, 0.05) is 57.5 Å². The summed E-state index contributed by atoms with van der Waals surface area (Å²) in [5.41, 5.74) is 5.02. The number of nitrogens with zero attached hydrogens (tertiary/aromatic N) is 5. The first kappa shape index (κ1) is 18.2. The Bertz CT molecular complexity index is 1460. The van der Waals surface area contributed by atoms with Gasteiger partial charge in [-0.05, 0) is 23.8 Å². The summed E-state index contributed by atoms with van der Waals surface area (Å²) in [7, 11) is 0. The van der Waals surface area contributed by atoms with Crippen LogP contribution >= 0.6 is 0 Å². The zero-order chi connectivity index (χ0) is 21.5. The number of pyridine rings is 2. The fourth-order valence-corrected chi connectivity index (χ4v) is 4.27. The second-order valence-electron chi connectivity index (χ2n) is 6.87. The lowest BCUT2D eigenvalue weighted by Crippen LogP contribution is -1.94. The number of nitriles is 3. The van der Waals surface area contributed by atoms with Crippen molar-refractivity contribution in [3.63, 3.8) is 0 Å². The van der Waals surface area contributed by atoms with Crippen LogP contribution in [0.25, 0.3) is 28.1 Å². The Hall–Kier alpha value is -4.86. The summed E-state index contributed by atoms with van der Waals surface area (Å²) in [6, 6.07) is 17.6. The zero-order valence-corrected chi connectivity index (χ0v) is 15.9. The molecule has 2 aliphatic rings. The predicted octanol–water partition coefficient (Wildman–Crippen LogP) is 4.82. The number of aromatic nitrogens is 2. The van der Waals surface area contributed by atoms with Crippen molar-refractivity contribution in [1.82, 2.24) is 9.97 Å². The average Bonchev–Trinajstić information content (AvgIpc) is 3.29. The van der Waals surface area contributed by atoms with Crippen molar-refractivity contribution in [1.29, 1.82) is 15.8 Å². The van der Waals surface area contributed by atoms with Gasteiger partial charge in [-0.25, -0.2) is 4.39 Å². The highest BCUT2D eigenvalue weighted by Crippen LogP contribution is 2.54. The molecule has 0 bridgehead atoms. The summed E-state index contributed by atoms with van der Waals surface area (Å²) in [6.07, 6.45) is 4.58. The maximum atomic E-state index is 15.0. The number of hydrogen-bond acceptors (Lipinski definition) is 5. The normalized spacial score (nSPS) is 14.4.